The molecule has 9 N–H and O–H groups in total. The van der Waals surface area contributed by atoms with E-state index in [2.05, 4.69) is 129 Å². The van der Waals surface area contributed by atoms with Crippen molar-refractivity contribution >= 4 is 5.91 Å². The zero-order chi connectivity index (χ0) is 71.5. The maximum atomic E-state index is 13.4. The lowest BCUT2D eigenvalue weighted by molar-refractivity contribution is -0.359. The van der Waals surface area contributed by atoms with Crippen LogP contribution in [0.2, 0.25) is 0 Å². The third-order valence-electron chi connectivity index (χ3n) is 18.9. The number of unbranched alkanes of at least 4 members (excludes halogenated alkanes) is 35. The molecule has 2 fully saturated rings. The first-order chi connectivity index (χ1) is 48.6. The number of carbonyl (C=O) groups is 1. The molecule has 0 saturated carbocycles. The third-order valence-corrected chi connectivity index (χ3v) is 18.9. The highest BCUT2D eigenvalue weighted by Crippen LogP contribution is 2.30. The Balaban J connectivity index is 1.61. The number of aliphatic hydroxyl groups excluding tert-OH is 8. The summed E-state index contributed by atoms with van der Waals surface area (Å²) in [7, 11) is 0. The number of ether oxygens (including phenoxy) is 4. The van der Waals surface area contributed by atoms with Gasteiger partial charge < -0.3 is 65.1 Å². The van der Waals surface area contributed by atoms with Gasteiger partial charge in [0.2, 0.25) is 5.91 Å². The topological polar surface area (TPSA) is 228 Å². The van der Waals surface area contributed by atoms with Crippen molar-refractivity contribution in [1.29, 1.82) is 0 Å². The Labute approximate surface area is 603 Å². The molecule has 0 aliphatic carbocycles. The van der Waals surface area contributed by atoms with E-state index >= 15 is 0 Å². The van der Waals surface area contributed by atoms with Gasteiger partial charge in [0.05, 0.1) is 32.0 Å². The van der Waals surface area contributed by atoms with E-state index in [0.717, 1.165) is 103 Å². The zero-order valence-electron chi connectivity index (χ0n) is 62.4. The summed E-state index contributed by atoms with van der Waals surface area (Å²) in [5.41, 5.74) is 0. The molecular weight excluding hydrogens is 1240 g/mol. The Morgan fingerprint density at radius 3 is 1.07 bits per heavy atom. The molecule has 0 aromatic heterocycles. The summed E-state index contributed by atoms with van der Waals surface area (Å²) in [5, 5.41) is 87.7. The predicted octanol–water partition coefficient (Wildman–Crippen LogP) is 18.4. The minimum atomic E-state index is -1.79. The molecule has 0 bridgehead atoms. The molecule has 2 aliphatic rings. The van der Waals surface area contributed by atoms with Gasteiger partial charge in [0.15, 0.2) is 12.6 Å². The Morgan fingerprint density at radius 1 is 0.374 bits per heavy atom. The molecule has 2 saturated heterocycles. The number of hydrogen-bond donors (Lipinski definition) is 9. The molecular formula is C85H147NO13. The van der Waals surface area contributed by atoms with Crippen LogP contribution < -0.4 is 5.32 Å². The summed E-state index contributed by atoms with van der Waals surface area (Å²) in [4.78, 5) is 13.4. The monoisotopic (exact) mass is 1390 g/mol. The first-order valence-corrected chi connectivity index (χ1v) is 40.3. The van der Waals surface area contributed by atoms with Gasteiger partial charge in [0.1, 0.15) is 48.8 Å². The second-order valence-corrected chi connectivity index (χ2v) is 27.8. The largest absolute Gasteiger partial charge is 0.394 e. The van der Waals surface area contributed by atoms with Gasteiger partial charge in [0.25, 0.3) is 0 Å². The summed E-state index contributed by atoms with van der Waals surface area (Å²) in [5.74, 6) is -0.241. The van der Waals surface area contributed by atoms with Gasteiger partial charge in [0, 0.05) is 6.42 Å². The normalized spacial score (nSPS) is 22.6. The van der Waals surface area contributed by atoms with Crippen LogP contribution in [0, 0.1) is 0 Å². The van der Waals surface area contributed by atoms with E-state index in [0.29, 0.717) is 6.42 Å². The first kappa shape index (κ1) is 91.5. The molecule has 1 amide bonds. The lowest BCUT2D eigenvalue weighted by Gasteiger charge is -2.46. The van der Waals surface area contributed by atoms with Crippen molar-refractivity contribution in [3.63, 3.8) is 0 Å². The van der Waals surface area contributed by atoms with Gasteiger partial charge in [-0.2, -0.15) is 0 Å². The molecule has 2 heterocycles. The van der Waals surface area contributed by atoms with Crippen molar-refractivity contribution < 1.29 is 64.6 Å². The van der Waals surface area contributed by atoms with Crippen LogP contribution in [0.4, 0.5) is 0 Å². The molecule has 2 rings (SSSR count). The van der Waals surface area contributed by atoms with E-state index in [1.165, 1.54) is 186 Å². The molecule has 0 aromatic rings. The van der Waals surface area contributed by atoms with Crippen LogP contribution in [0.15, 0.2) is 122 Å². The predicted molar refractivity (Wildman–Crippen MR) is 410 cm³/mol. The quantitative estimate of drug-likeness (QED) is 0.0204. The highest BCUT2D eigenvalue weighted by atomic mass is 16.7. The van der Waals surface area contributed by atoms with Gasteiger partial charge in [-0.25, -0.2) is 0 Å². The van der Waals surface area contributed by atoms with E-state index in [9.17, 15) is 45.6 Å². The van der Waals surface area contributed by atoms with E-state index in [4.69, 9.17) is 18.9 Å². The SMILES string of the molecule is CC/C=C\C/C=C\C/C=C\C/C=C\C/C=C\C/C=C\C/C=C\C/C=C\C/C=C\CCCCCCCCCCCCCCCC(=O)NC(COC1OC(CO)C(OC2OC(CO)C(O)C(O)C2O)C(O)C1O)C(O)/C=C/CCCCCCCCCCCCCCCCCCCCCCCC. The van der Waals surface area contributed by atoms with Crippen LogP contribution >= 0.6 is 0 Å². The van der Waals surface area contributed by atoms with Gasteiger partial charge >= 0.3 is 0 Å². The first-order valence-electron chi connectivity index (χ1n) is 40.3. The highest BCUT2D eigenvalue weighted by Gasteiger charge is 2.51. The van der Waals surface area contributed by atoms with Gasteiger partial charge in [-0.05, 0) is 89.9 Å². The maximum Gasteiger partial charge on any atom is 0.220 e. The van der Waals surface area contributed by atoms with Crippen LogP contribution in [-0.2, 0) is 23.7 Å². The summed E-state index contributed by atoms with van der Waals surface area (Å²) in [6, 6.07) is -0.924. The third kappa shape index (κ3) is 50.4. The van der Waals surface area contributed by atoms with Crippen LogP contribution in [0.1, 0.15) is 316 Å². The second kappa shape index (κ2) is 67.6. The van der Waals surface area contributed by atoms with Gasteiger partial charge in [-0.1, -0.05) is 341 Å². The Hall–Kier alpha value is -3.61. The average molecular weight is 1390 g/mol. The fourth-order valence-corrected chi connectivity index (χ4v) is 12.6. The number of hydrogen-bond acceptors (Lipinski definition) is 13. The van der Waals surface area contributed by atoms with Crippen molar-refractivity contribution in [2.45, 2.75) is 389 Å². The standard InChI is InChI=1S/C85H147NO13/c1-3-5-7-9-11-13-15-17-19-21-23-25-27-29-30-31-32-33-34-35-36-37-38-39-40-41-42-43-44-45-47-49-51-53-55-57-59-61-63-65-67-69-77(90)86-73(72-96-84-82(95)80(93)83(76(71-88)98-84)99-85-81(94)79(92)78(91)75(70-87)97-85)74(89)68-66-64-62-60-58-56-54-52-50-48-46-28-26-24-22-20-18-16-14-12-10-8-6-4-2/h5,7,11,13,17,19,23,25,29-30,32-33,35-36,38-39,41-42,66,68,73-76,78-85,87-89,91-95H,3-4,6,8-10,12,14-16,18,20-22,24,26-28,31,34,37,40,43-65,67,69-72H2,1-2H3,(H,86,90)/b7-5-,13-11-,19-17-,25-23-,30-29-,33-32-,36-35-,39-38-,42-41-,68-66+. The smallest absolute Gasteiger partial charge is 0.220 e. The summed E-state index contributed by atoms with van der Waals surface area (Å²) >= 11 is 0. The lowest BCUT2D eigenvalue weighted by Crippen LogP contribution is -2.65. The molecule has 0 aromatic carbocycles. The molecule has 99 heavy (non-hydrogen) atoms. The zero-order valence-corrected chi connectivity index (χ0v) is 62.4. The summed E-state index contributed by atoms with van der Waals surface area (Å²) in [6.45, 7) is 2.72. The molecule has 14 heteroatoms. The molecule has 14 nitrogen and oxygen atoms in total. The van der Waals surface area contributed by atoms with Crippen molar-refractivity contribution in [3.05, 3.63) is 122 Å². The van der Waals surface area contributed by atoms with E-state index < -0.39 is 86.8 Å². The number of allylic oxidation sites excluding steroid dienone is 19. The molecule has 12 unspecified atom stereocenters. The molecule has 0 spiro atoms. The Bertz CT molecular complexity index is 2130. The van der Waals surface area contributed by atoms with Crippen LogP contribution in [0.3, 0.4) is 0 Å². The van der Waals surface area contributed by atoms with Crippen LogP contribution in [-0.4, -0.2) is 140 Å². The van der Waals surface area contributed by atoms with Crippen molar-refractivity contribution in [3.8, 4) is 0 Å². The van der Waals surface area contributed by atoms with E-state index in [-0.39, 0.29) is 18.9 Å². The molecule has 570 valence electrons. The second-order valence-electron chi connectivity index (χ2n) is 27.8. The molecule has 2 aliphatic heterocycles. The summed E-state index contributed by atoms with van der Waals surface area (Å²) < 4.78 is 22.9. The number of rotatable bonds is 66. The van der Waals surface area contributed by atoms with E-state index in [1.807, 2.05) is 6.08 Å². The number of carbonyl (C=O) groups excluding carboxylic acids is 1. The number of nitrogens with one attached hydrogen (secondary N) is 1. The van der Waals surface area contributed by atoms with Crippen molar-refractivity contribution in [1.82, 2.24) is 5.32 Å². The maximum absolute atomic E-state index is 13.4. The Kier molecular flexibility index (Phi) is 62.4. The minimum Gasteiger partial charge on any atom is -0.394 e. The van der Waals surface area contributed by atoms with E-state index in [1.54, 1.807) is 6.08 Å². The summed E-state index contributed by atoms with van der Waals surface area (Å²) in [6.07, 6.45) is 82.6. The fourth-order valence-electron chi connectivity index (χ4n) is 12.6. The van der Waals surface area contributed by atoms with Crippen molar-refractivity contribution in [2.75, 3.05) is 19.8 Å². The van der Waals surface area contributed by atoms with Crippen LogP contribution in [0.25, 0.3) is 0 Å². The fraction of sp³-hybridized carbons (Fsp3) is 0.753. The molecule has 0 radical (unpaired) electrons. The Morgan fingerprint density at radius 2 is 0.697 bits per heavy atom. The average Bonchev–Trinajstić information content (AvgIpc) is 0.799. The van der Waals surface area contributed by atoms with Gasteiger partial charge in [-0.15, -0.1) is 0 Å². The van der Waals surface area contributed by atoms with Gasteiger partial charge in [-0.3, -0.25) is 4.79 Å². The van der Waals surface area contributed by atoms with Crippen LogP contribution in [0.5, 0.6) is 0 Å². The van der Waals surface area contributed by atoms with Crippen molar-refractivity contribution in [2.24, 2.45) is 0 Å². The number of amides is 1. The highest BCUT2D eigenvalue weighted by molar-refractivity contribution is 5.76. The lowest BCUT2D eigenvalue weighted by atomic mass is 9.97. The minimum absolute atomic E-state index is 0.241. The molecule has 12 atom stereocenters. The number of aliphatic hydroxyl groups is 8.